The number of aromatic nitrogens is 2. The van der Waals surface area contributed by atoms with E-state index in [1.807, 2.05) is 0 Å². The normalized spacial score (nSPS) is 11.5. The van der Waals surface area contributed by atoms with Gasteiger partial charge in [-0.05, 0) is 13.8 Å². The summed E-state index contributed by atoms with van der Waals surface area (Å²) < 4.78 is 2.63. The zero-order valence-corrected chi connectivity index (χ0v) is 10.4. The van der Waals surface area contributed by atoms with Crippen molar-refractivity contribution in [1.82, 2.24) is 9.03 Å². The highest BCUT2D eigenvalue weighted by Crippen LogP contribution is 2.14. The fraction of sp³-hybridized carbons (Fsp3) is 0.400. The van der Waals surface area contributed by atoms with Crippen molar-refractivity contribution in [1.29, 1.82) is 0 Å². The molecule has 0 fully saturated rings. The summed E-state index contributed by atoms with van der Waals surface area (Å²) in [5, 5.41) is 0. The van der Waals surface area contributed by atoms with E-state index < -0.39 is 0 Å². The van der Waals surface area contributed by atoms with E-state index in [9.17, 15) is 9.59 Å². The molecule has 0 aliphatic heterocycles. The molecule has 0 unspecified atom stereocenters. The fourth-order valence-corrected chi connectivity index (χ4v) is 2.50. The Morgan fingerprint density at radius 1 is 0.875 bits per heavy atom. The predicted octanol–water partition coefficient (Wildman–Crippen LogP) is 1.29. The van der Waals surface area contributed by atoms with Crippen molar-refractivity contribution in [3.05, 3.63) is 43.2 Å². The average molecular weight is 261 g/mol. The van der Waals surface area contributed by atoms with Crippen LogP contribution in [0.25, 0.3) is 0 Å². The van der Waals surface area contributed by atoms with Gasteiger partial charge in [-0.25, -0.2) is 4.52 Å². The van der Waals surface area contributed by atoms with Gasteiger partial charge in [0.25, 0.3) is 11.1 Å². The fourth-order valence-electron chi connectivity index (χ4n) is 1.87. The van der Waals surface area contributed by atoms with Gasteiger partial charge in [0.1, 0.15) is 0 Å². The van der Waals surface area contributed by atoms with Crippen LogP contribution in [-0.2, 0) is 11.8 Å². The molecule has 0 aliphatic carbocycles. The predicted molar refractivity (Wildman–Crippen MR) is 63.2 cm³/mol. The first-order valence-electron chi connectivity index (χ1n) is 4.74. The van der Waals surface area contributed by atoms with Gasteiger partial charge in [0.2, 0.25) is 0 Å². The summed E-state index contributed by atoms with van der Waals surface area (Å²) in [4.78, 5) is 23.7. The Morgan fingerprint density at radius 3 is 1.56 bits per heavy atom. The van der Waals surface area contributed by atoms with Gasteiger partial charge in [0.05, 0.1) is 23.1 Å². The maximum Gasteiger partial charge on any atom is 0.277 e. The first kappa shape index (κ1) is 11.5. The number of alkyl halides is 2. The number of rotatable bonds is 2. The Kier molecular flexibility index (Phi) is 2.72. The zero-order valence-electron chi connectivity index (χ0n) is 8.88. The van der Waals surface area contributed by atoms with Gasteiger partial charge in [-0.15, -0.1) is 23.2 Å². The highest BCUT2D eigenvalue weighted by molar-refractivity contribution is 6.17. The molecule has 0 spiro atoms. The molecule has 0 aromatic carbocycles. The Labute approximate surface area is 101 Å². The molecule has 86 valence electrons. The number of nitrogens with zero attached hydrogens (tertiary/aromatic N) is 2. The number of fused-ring (bicyclic) bond motifs is 1. The van der Waals surface area contributed by atoms with Crippen LogP contribution in [0, 0.1) is 13.8 Å². The van der Waals surface area contributed by atoms with E-state index in [0.717, 1.165) is 4.52 Å². The summed E-state index contributed by atoms with van der Waals surface area (Å²) in [7, 11) is 0. The molecule has 0 N–H and O–H groups in total. The Hall–Kier alpha value is -1.00. The third-order valence-corrected chi connectivity index (χ3v) is 3.36. The van der Waals surface area contributed by atoms with E-state index in [2.05, 4.69) is 0 Å². The molecular formula is C10H10Cl2N2O2. The molecule has 0 saturated heterocycles. The Bertz CT molecular complexity index is 603. The van der Waals surface area contributed by atoms with Gasteiger partial charge in [-0.3, -0.25) is 9.59 Å². The Morgan fingerprint density at radius 2 is 1.25 bits per heavy atom. The van der Waals surface area contributed by atoms with Gasteiger partial charge < -0.3 is 0 Å². The van der Waals surface area contributed by atoms with Crippen LogP contribution in [0.3, 0.4) is 0 Å². The largest absolute Gasteiger partial charge is 0.277 e. The molecule has 2 aromatic rings. The average Bonchev–Trinajstić information content (AvgIpc) is 2.65. The van der Waals surface area contributed by atoms with Gasteiger partial charge in [-0.1, -0.05) is 0 Å². The molecular weight excluding hydrogens is 251 g/mol. The van der Waals surface area contributed by atoms with Gasteiger partial charge in [0, 0.05) is 11.1 Å². The summed E-state index contributed by atoms with van der Waals surface area (Å²) >= 11 is 11.6. The van der Waals surface area contributed by atoms with Crippen LogP contribution in [0.4, 0.5) is 0 Å². The minimum Gasteiger partial charge on any atom is -0.267 e. The first-order valence-corrected chi connectivity index (χ1v) is 5.81. The van der Waals surface area contributed by atoms with Crippen molar-refractivity contribution >= 4 is 23.2 Å². The summed E-state index contributed by atoms with van der Waals surface area (Å²) in [5.41, 5.74) is 1.62. The summed E-state index contributed by atoms with van der Waals surface area (Å²) in [5.74, 6) is 0.351. The minimum atomic E-state index is -0.319. The maximum atomic E-state index is 11.9. The van der Waals surface area contributed by atoms with Crippen LogP contribution < -0.4 is 11.1 Å². The van der Waals surface area contributed by atoms with E-state index in [0.29, 0.717) is 22.5 Å². The standard InChI is InChI=1S/C10H10Cl2N2O2/c1-5-7(3-11)13-8(4-12)6(2)10(16)14(13)9(5)15/h3-4H2,1-2H3. The van der Waals surface area contributed by atoms with E-state index in [-0.39, 0.29) is 22.9 Å². The number of hydrogen-bond acceptors (Lipinski definition) is 2. The molecule has 0 bridgehead atoms. The molecule has 0 atom stereocenters. The first-order chi connectivity index (χ1) is 7.54. The van der Waals surface area contributed by atoms with Crippen LogP contribution in [-0.4, -0.2) is 9.03 Å². The topological polar surface area (TPSA) is 43.0 Å². The second-order valence-electron chi connectivity index (χ2n) is 3.64. The van der Waals surface area contributed by atoms with Gasteiger partial charge in [-0.2, -0.15) is 4.52 Å². The van der Waals surface area contributed by atoms with Crippen LogP contribution >= 0.6 is 23.2 Å². The number of halogens is 2. The van der Waals surface area contributed by atoms with E-state index in [1.165, 1.54) is 4.52 Å². The maximum absolute atomic E-state index is 11.9. The van der Waals surface area contributed by atoms with Crippen LogP contribution in [0.5, 0.6) is 0 Å². The van der Waals surface area contributed by atoms with Crippen LogP contribution in [0.1, 0.15) is 22.5 Å². The summed E-state index contributed by atoms with van der Waals surface area (Å²) in [6.07, 6.45) is 0. The molecule has 0 radical (unpaired) electrons. The third kappa shape index (κ3) is 1.23. The molecule has 6 heteroatoms. The van der Waals surface area contributed by atoms with E-state index in [4.69, 9.17) is 23.2 Å². The summed E-state index contributed by atoms with van der Waals surface area (Å²) in [6, 6.07) is 0. The van der Waals surface area contributed by atoms with Gasteiger partial charge >= 0.3 is 0 Å². The minimum absolute atomic E-state index is 0.176. The van der Waals surface area contributed by atoms with E-state index >= 15 is 0 Å². The monoisotopic (exact) mass is 260 g/mol. The Balaban J connectivity index is 3.12. The lowest BCUT2D eigenvalue weighted by molar-refractivity contribution is 0.761. The molecule has 0 saturated carbocycles. The molecule has 2 aromatic heterocycles. The highest BCUT2D eigenvalue weighted by atomic mass is 35.5. The van der Waals surface area contributed by atoms with Crippen molar-refractivity contribution < 1.29 is 0 Å². The lowest BCUT2D eigenvalue weighted by atomic mass is 10.2. The quantitative estimate of drug-likeness (QED) is 0.764. The molecule has 4 nitrogen and oxygen atoms in total. The second-order valence-corrected chi connectivity index (χ2v) is 4.18. The SMILES string of the molecule is Cc1c(CCl)n2c(CCl)c(C)c(=O)n2c1=O. The summed E-state index contributed by atoms with van der Waals surface area (Å²) in [6.45, 7) is 3.32. The lowest BCUT2D eigenvalue weighted by Gasteiger charge is -1.99. The second kappa shape index (κ2) is 3.79. The molecule has 0 aliphatic rings. The van der Waals surface area contributed by atoms with Crippen LogP contribution in [0.15, 0.2) is 9.59 Å². The van der Waals surface area contributed by atoms with Crippen LogP contribution in [0.2, 0.25) is 0 Å². The van der Waals surface area contributed by atoms with Crippen molar-refractivity contribution in [2.45, 2.75) is 25.6 Å². The molecule has 16 heavy (non-hydrogen) atoms. The van der Waals surface area contributed by atoms with Gasteiger partial charge in [0.15, 0.2) is 0 Å². The highest BCUT2D eigenvalue weighted by Gasteiger charge is 2.20. The molecule has 2 heterocycles. The molecule has 2 rings (SSSR count). The van der Waals surface area contributed by atoms with Crippen molar-refractivity contribution in [3.63, 3.8) is 0 Å². The molecule has 0 amide bonds. The van der Waals surface area contributed by atoms with Crippen molar-refractivity contribution in [2.75, 3.05) is 0 Å². The van der Waals surface area contributed by atoms with Crippen molar-refractivity contribution in [3.8, 4) is 0 Å². The smallest absolute Gasteiger partial charge is 0.267 e. The van der Waals surface area contributed by atoms with Crippen molar-refractivity contribution in [2.24, 2.45) is 0 Å². The van der Waals surface area contributed by atoms with E-state index in [1.54, 1.807) is 13.8 Å². The zero-order chi connectivity index (χ0) is 12.0. The number of hydrogen-bond donors (Lipinski definition) is 0. The third-order valence-electron chi connectivity index (χ3n) is 2.86. The lowest BCUT2D eigenvalue weighted by Crippen LogP contribution is -2.23.